The number of thiophene rings is 1. The summed E-state index contributed by atoms with van der Waals surface area (Å²) in [6.07, 6.45) is 5.37. The minimum absolute atomic E-state index is 0. The predicted molar refractivity (Wildman–Crippen MR) is 115 cm³/mol. The molecule has 24 heavy (non-hydrogen) atoms. The molecule has 0 fully saturated rings. The Morgan fingerprint density at radius 1 is 1.21 bits per heavy atom. The molecule has 0 aliphatic carbocycles. The number of nitrogens with one attached hydrogen (secondary N) is 1. The summed E-state index contributed by atoms with van der Waals surface area (Å²) >= 11 is 1.77. The molecule has 1 aliphatic heterocycles. The summed E-state index contributed by atoms with van der Waals surface area (Å²) in [6, 6.07) is 12.7. The van der Waals surface area contributed by atoms with E-state index < -0.39 is 0 Å². The van der Waals surface area contributed by atoms with E-state index >= 15 is 0 Å². The maximum atomic E-state index is 5.94. The summed E-state index contributed by atoms with van der Waals surface area (Å²) in [7, 11) is 0. The van der Waals surface area contributed by atoms with Crippen LogP contribution in [0, 0.1) is 0 Å². The molecule has 4 nitrogen and oxygen atoms in total. The number of hydrogen-bond acceptors (Lipinski definition) is 3. The van der Waals surface area contributed by atoms with E-state index in [1.807, 2.05) is 0 Å². The van der Waals surface area contributed by atoms with E-state index in [4.69, 9.17) is 5.73 Å². The van der Waals surface area contributed by atoms with Crippen LogP contribution in [0.5, 0.6) is 0 Å². The molecule has 128 valence electrons. The van der Waals surface area contributed by atoms with Crippen molar-refractivity contribution in [3.8, 4) is 0 Å². The van der Waals surface area contributed by atoms with Gasteiger partial charge in [-0.05, 0) is 35.6 Å². The quantitative estimate of drug-likeness (QED) is 0.305. The number of hydrogen-bond donors (Lipinski definition) is 2. The molecule has 0 spiro atoms. The zero-order valence-electron chi connectivity index (χ0n) is 13.5. The molecule has 0 saturated heterocycles. The van der Waals surface area contributed by atoms with Crippen LogP contribution < -0.4 is 16.0 Å². The molecular formula is C18H23IN4S. The number of rotatable bonds is 6. The van der Waals surface area contributed by atoms with Gasteiger partial charge in [0.2, 0.25) is 0 Å². The first kappa shape index (κ1) is 18.8. The molecule has 0 unspecified atom stereocenters. The molecule has 0 saturated carbocycles. The minimum atomic E-state index is 0. The highest BCUT2D eigenvalue weighted by atomic mass is 127. The first-order chi connectivity index (χ1) is 11.3. The van der Waals surface area contributed by atoms with Crippen molar-refractivity contribution in [2.75, 3.05) is 24.5 Å². The Balaban J connectivity index is 0.00000208. The van der Waals surface area contributed by atoms with Gasteiger partial charge in [0.25, 0.3) is 0 Å². The fraction of sp³-hybridized carbons (Fsp3) is 0.278. The van der Waals surface area contributed by atoms with Gasteiger partial charge < -0.3 is 16.0 Å². The van der Waals surface area contributed by atoms with Crippen molar-refractivity contribution in [1.82, 2.24) is 5.32 Å². The molecule has 3 N–H and O–H groups in total. The highest BCUT2D eigenvalue weighted by Crippen LogP contribution is 2.18. The molecule has 3 rings (SSSR count). The van der Waals surface area contributed by atoms with Crippen molar-refractivity contribution in [2.24, 2.45) is 10.7 Å². The van der Waals surface area contributed by atoms with Crippen LogP contribution in [0.25, 0.3) is 0 Å². The topological polar surface area (TPSA) is 53.6 Å². The number of nitrogens with two attached hydrogens (primary N) is 1. The van der Waals surface area contributed by atoms with Gasteiger partial charge in [-0.15, -0.1) is 35.3 Å². The van der Waals surface area contributed by atoms with Crippen LogP contribution in [0.15, 0.2) is 58.9 Å². The molecule has 0 atom stereocenters. The Bertz CT molecular complexity index is 674. The summed E-state index contributed by atoms with van der Waals surface area (Å²) < 4.78 is 0. The molecule has 0 radical (unpaired) electrons. The molecule has 1 aliphatic rings. The molecule has 0 bridgehead atoms. The van der Waals surface area contributed by atoms with Crippen molar-refractivity contribution in [2.45, 2.75) is 13.0 Å². The summed E-state index contributed by atoms with van der Waals surface area (Å²) in [6.45, 7) is 3.39. The smallest absolute Gasteiger partial charge is 0.188 e. The van der Waals surface area contributed by atoms with Crippen molar-refractivity contribution < 1.29 is 0 Å². The molecule has 1 aromatic heterocycles. The van der Waals surface area contributed by atoms with Gasteiger partial charge in [-0.25, -0.2) is 4.99 Å². The highest BCUT2D eigenvalue weighted by Gasteiger charge is 2.07. The van der Waals surface area contributed by atoms with Gasteiger partial charge >= 0.3 is 0 Å². The van der Waals surface area contributed by atoms with Gasteiger partial charge in [0.05, 0.1) is 6.54 Å². The Morgan fingerprint density at radius 3 is 2.79 bits per heavy atom. The third-order valence-electron chi connectivity index (χ3n) is 3.78. The number of aliphatic imine (C=N–C) groups is 1. The monoisotopic (exact) mass is 454 g/mol. The van der Waals surface area contributed by atoms with Crippen LogP contribution in [0.4, 0.5) is 5.69 Å². The van der Waals surface area contributed by atoms with E-state index in [0.717, 1.165) is 26.1 Å². The van der Waals surface area contributed by atoms with E-state index in [1.54, 1.807) is 11.3 Å². The zero-order valence-corrected chi connectivity index (χ0v) is 16.7. The lowest BCUT2D eigenvalue weighted by molar-refractivity contribution is 0.857. The van der Waals surface area contributed by atoms with Gasteiger partial charge in [-0.1, -0.05) is 30.4 Å². The maximum Gasteiger partial charge on any atom is 0.188 e. The molecule has 2 aromatic rings. The van der Waals surface area contributed by atoms with Crippen molar-refractivity contribution >= 4 is 47.0 Å². The van der Waals surface area contributed by atoms with Crippen LogP contribution in [-0.4, -0.2) is 25.6 Å². The average Bonchev–Trinajstić information content (AvgIpc) is 3.27. The van der Waals surface area contributed by atoms with Crippen LogP contribution in [0.2, 0.25) is 0 Å². The molecule has 6 heteroatoms. The largest absolute Gasteiger partial charge is 0.370 e. The van der Waals surface area contributed by atoms with Crippen molar-refractivity contribution in [1.29, 1.82) is 0 Å². The Hall–Kier alpha value is -1.54. The number of nitrogens with zero attached hydrogens (tertiary/aromatic N) is 2. The fourth-order valence-electron chi connectivity index (χ4n) is 2.54. The predicted octanol–water partition coefficient (Wildman–Crippen LogP) is 3.39. The lowest BCUT2D eigenvalue weighted by Crippen LogP contribution is -2.33. The molecule has 2 heterocycles. The van der Waals surface area contributed by atoms with Gasteiger partial charge in [-0.3, -0.25) is 0 Å². The second kappa shape index (κ2) is 9.68. The average molecular weight is 454 g/mol. The first-order valence-corrected chi connectivity index (χ1v) is 8.74. The fourth-order valence-corrected chi connectivity index (χ4v) is 3.25. The Morgan fingerprint density at radius 2 is 2.04 bits per heavy atom. The standard InChI is InChI=1S/C18H22N4S.HI/c19-18(20-9-8-17-7-4-12-23-17)21-14-15-5-3-6-16(13-15)22-10-1-2-11-22;/h1-7,12-13H,8-11,14H2,(H3,19,20,21);1H. The molecule has 1 aromatic carbocycles. The summed E-state index contributed by atoms with van der Waals surface area (Å²) in [5, 5.41) is 5.27. The normalized spacial score (nSPS) is 13.8. The van der Waals surface area contributed by atoms with Gasteiger partial charge in [0.15, 0.2) is 5.96 Å². The highest BCUT2D eigenvalue weighted by molar-refractivity contribution is 14.0. The van der Waals surface area contributed by atoms with Gasteiger partial charge in [0, 0.05) is 30.2 Å². The Kier molecular flexibility index (Phi) is 7.58. The van der Waals surface area contributed by atoms with Crippen LogP contribution >= 0.6 is 35.3 Å². The zero-order chi connectivity index (χ0) is 15.9. The van der Waals surface area contributed by atoms with E-state index in [0.29, 0.717) is 12.5 Å². The van der Waals surface area contributed by atoms with E-state index in [-0.39, 0.29) is 24.0 Å². The van der Waals surface area contributed by atoms with E-state index in [1.165, 1.54) is 16.1 Å². The third-order valence-corrected chi connectivity index (χ3v) is 4.72. The molecular weight excluding hydrogens is 431 g/mol. The number of anilines is 1. The van der Waals surface area contributed by atoms with Crippen molar-refractivity contribution in [3.63, 3.8) is 0 Å². The molecule has 0 amide bonds. The first-order valence-electron chi connectivity index (χ1n) is 7.86. The SMILES string of the molecule is I.NC(=NCc1cccc(N2CC=CC2)c1)NCCc1cccs1. The minimum Gasteiger partial charge on any atom is -0.370 e. The van der Waals surface area contributed by atoms with Crippen LogP contribution in [0.1, 0.15) is 10.4 Å². The van der Waals surface area contributed by atoms with Gasteiger partial charge in [0.1, 0.15) is 0 Å². The second-order valence-corrected chi connectivity index (χ2v) is 6.54. The van der Waals surface area contributed by atoms with Crippen LogP contribution in [0.3, 0.4) is 0 Å². The summed E-state index contributed by atoms with van der Waals surface area (Å²) in [5.41, 5.74) is 8.36. The lowest BCUT2D eigenvalue weighted by Gasteiger charge is -2.18. The second-order valence-electron chi connectivity index (χ2n) is 5.50. The summed E-state index contributed by atoms with van der Waals surface area (Å²) in [4.78, 5) is 8.12. The Labute approximate surface area is 164 Å². The number of guanidine groups is 1. The van der Waals surface area contributed by atoms with E-state index in [2.05, 4.69) is 69.1 Å². The van der Waals surface area contributed by atoms with Crippen LogP contribution in [-0.2, 0) is 13.0 Å². The van der Waals surface area contributed by atoms with Crippen molar-refractivity contribution in [3.05, 3.63) is 64.4 Å². The summed E-state index contributed by atoms with van der Waals surface area (Å²) in [5.74, 6) is 0.509. The third kappa shape index (κ3) is 5.52. The number of halogens is 1. The van der Waals surface area contributed by atoms with Gasteiger partial charge in [-0.2, -0.15) is 0 Å². The lowest BCUT2D eigenvalue weighted by atomic mass is 10.2. The number of benzene rings is 1. The maximum absolute atomic E-state index is 5.94. The van der Waals surface area contributed by atoms with E-state index in [9.17, 15) is 0 Å².